The van der Waals surface area contributed by atoms with Gasteiger partial charge >= 0.3 is 0 Å². The minimum Gasteiger partial charge on any atom is -0.367 e. The van der Waals surface area contributed by atoms with E-state index in [2.05, 4.69) is 43.8 Å². The second-order valence-electron chi connectivity index (χ2n) is 5.00. The molecular weight excluding hydrogens is 519 g/mol. The molecule has 1 aliphatic heterocycles. The lowest BCUT2D eigenvalue weighted by atomic mass is 10.2. The van der Waals surface area contributed by atoms with Crippen molar-refractivity contribution in [2.45, 2.75) is 0 Å². The highest BCUT2D eigenvalue weighted by Crippen LogP contribution is 2.32. The van der Waals surface area contributed by atoms with Gasteiger partial charge in [-0.25, -0.2) is 0 Å². The molecule has 3 nitrogen and oxygen atoms in total. The lowest BCUT2D eigenvalue weighted by molar-refractivity contribution is -0.121. The van der Waals surface area contributed by atoms with Crippen LogP contribution in [-0.4, -0.2) is 21.8 Å². The van der Waals surface area contributed by atoms with Crippen LogP contribution in [0, 0.1) is 3.57 Å². The topological polar surface area (TPSA) is 32.3 Å². The number of amides is 1. The zero-order chi connectivity index (χ0) is 17.1. The predicted molar refractivity (Wildman–Crippen MR) is 117 cm³/mol. The van der Waals surface area contributed by atoms with Gasteiger partial charge in [-0.05, 0) is 70.6 Å². The van der Waals surface area contributed by atoms with Crippen LogP contribution in [0.1, 0.15) is 5.56 Å². The number of thiocarbonyl (C=S) groups is 1. The quantitative estimate of drug-likeness (QED) is 0.329. The molecule has 2 aromatic rings. The van der Waals surface area contributed by atoms with Crippen molar-refractivity contribution in [3.63, 3.8) is 0 Å². The molecule has 0 radical (unpaired) electrons. The van der Waals surface area contributed by atoms with Gasteiger partial charge in [0.1, 0.15) is 4.32 Å². The highest BCUT2D eigenvalue weighted by molar-refractivity contribution is 14.1. The molecular formula is C17H12BrIN2OS2. The number of nitrogens with zero attached hydrogens (tertiary/aromatic N) is 1. The Morgan fingerprint density at radius 1 is 1.17 bits per heavy atom. The smallest absolute Gasteiger partial charge is 0.267 e. The van der Waals surface area contributed by atoms with E-state index in [9.17, 15) is 4.79 Å². The third kappa shape index (κ3) is 4.38. The fourth-order valence-corrected chi connectivity index (χ4v) is 3.96. The molecule has 2 aromatic carbocycles. The maximum Gasteiger partial charge on any atom is 0.267 e. The lowest BCUT2D eigenvalue weighted by Crippen LogP contribution is -2.33. The molecule has 1 saturated heterocycles. The minimum atomic E-state index is -0.0619. The first-order valence-electron chi connectivity index (χ1n) is 7.03. The third-order valence-electron chi connectivity index (χ3n) is 3.33. The number of carbonyl (C=O) groups is 1. The number of rotatable bonds is 4. The summed E-state index contributed by atoms with van der Waals surface area (Å²) in [5.74, 6) is -0.0619. The van der Waals surface area contributed by atoms with E-state index in [1.165, 1.54) is 11.8 Å². The van der Waals surface area contributed by atoms with Gasteiger partial charge in [0.15, 0.2) is 0 Å². The number of benzene rings is 2. The van der Waals surface area contributed by atoms with E-state index in [1.807, 2.05) is 54.6 Å². The van der Waals surface area contributed by atoms with Crippen molar-refractivity contribution in [2.75, 3.05) is 12.0 Å². The Morgan fingerprint density at radius 3 is 2.50 bits per heavy atom. The summed E-state index contributed by atoms with van der Waals surface area (Å²) in [4.78, 5) is 14.8. The Labute approximate surface area is 172 Å². The molecule has 0 aromatic heterocycles. The maximum atomic E-state index is 12.6. The lowest BCUT2D eigenvalue weighted by Gasteiger charge is -2.16. The van der Waals surface area contributed by atoms with Crippen LogP contribution in [0.2, 0.25) is 0 Å². The van der Waals surface area contributed by atoms with Crippen LogP contribution in [0.15, 0.2) is 57.9 Å². The second-order valence-corrected chi connectivity index (χ2v) is 8.84. The minimum absolute atomic E-state index is 0.0619. The van der Waals surface area contributed by atoms with E-state index in [-0.39, 0.29) is 5.91 Å². The molecule has 0 unspecified atom stereocenters. The van der Waals surface area contributed by atoms with Gasteiger partial charge in [-0.3, -0.25) is 9.69 Å². The first kappa shape index (κ1) is 17.9. The average Bonchev–Trinajstić information content (AvgIpc) is 2.83. The number of nitrogens with one attached hydrogen (secondary N) is 1. The summed E-state index contributed by atoms with van der Waals surface area (Å²) in [6, 6.07) is 15.8. The van der Waals surface area contributed by atoms with Crippen LogP contribution < -0.4 is 5.32 Å². The molecule has 7 heteroatoms. The Morgan fingerprint density at radius 2 is 1.83 bits per heavy atom. The van der Waals surface area contributed by atoms with Crippen molar-refractivity contribution < 1.29 is 4.79 Å². The van der Waals surface area contributed by atoms with E-state index in [0.717, 1.165) is 19.3 Å². The number of carbonyl (C=O) groups excluding carboxylic acids is 1. The zero-order valence-electron chi connectivity index (χ0n) is 12.3. The van der Waals surface area contributed by atoms with Crippen LogP contribution in [0.5, 0.6) is 0 Å². The van der Waals surface area contributed by atoms with Crippen molar-refractivity contribution in [2.24, 2.45) is 0 Å². The van der Waals surface area contributed by atoms with Gasteiger partial charge in [-0.1, -0.05) is 52.0 Å². The van der Waals surface area contributed by atoms with Gasteiger partial charge in [0, 0.05) is 13.7 Å². The molecule has 1 amide bonds. The van der Waals surface area contributed by atoms with Crippen LogP contribution in [-0.2, 0) is 4.79 Å². The first-order valence-corrected chi connectivity index (χ1v) is 10.1. The summed E-state index contributed by atoms with van der Waals surface area (Å²) in [5, 5.41) is 3.22. The number of hydrogen-bond acceptors (Lipinski definition) is 4. The van der Waals surface area contributed by atoms with E-state index in [1.54, 1.807) is 4.90 Å². The number of thioether (sulfide) groups is 1. The fraction of sp³-hybridized carbons (Fsp3) is 0.0588. The SMILES string of the molecule is O=C1/C(=C/c2ccc(I)cc2)SC(=S)N1CNc1ccc(Br)cc1. The number of hydrogen-bond donors (Lipinski definition) is 1. The molecule has 122 valence electrons. The van der Waals surface area contributed by atoms with Crippen molar-refractivity contribution in [1.29, 1.82) is 0 Å². The molecule has 24 heavy (non-hydrogen) atoms. The molecule has 0 saturated carbocycles. The van der Waals surface area contributed by atoms with E-state index in [0.29, 0.717) is 15.9 Å². The molecule has 1 fully saturated rings. The zero-order valence-corrected chi connectivity index (χ0v) is 17.7. The summed E-state index contributed by atoms with van der Waals surface area (Å²) < 4.78 is 2.75. The Kier molecular flexibility index (Phi) is 5.96. The highest BCUT2D eigenvalue weighted by Gasteiger charge is 2.31. The average molecular weight is 531 g/mol. The molecule has 1 heterocycles. The van der Waals surface area contributed by atoms with Crippen LogP contribution in [0.4, 0.5) is 5.69 Å². The molecule has 3 rings (SSSR count). The summed E-state index contributed by atoms with van der Waals surface area (Å²) in [5.41, 5.74) is 1.94. The van der Waals surface area contributed by atoms with Gasteiger partial charge in [0.05, 0.1) is 11.6 Å². The molecule has 1 aliphatic rings. The first-order chi connectivity index (χ1) is 11.5. The van der Waals surface area contributed by atoms with Gasteiger partial charge in [0.25, 0.3) is 5.91 Å². The van der Waals surface area contributed by atoms with Gasteiger partial charge in [-0.15, -0.1) is 0 Å². The largest absolute Gasteiger partial charge is 0.367 e. The summed E-state index contributed by atoms with van der Waals surface area (Å²) in [7, 11) is 0. The normalized spacial score (nSPS) is 16.1. The molecule has 0 spiro atoms. The van der Waals surface area contributed by atoms with Crippen molar-refractivity contribution in [3.05, 3.63) is 67.0 Å². The molecule has 1 N–H and O–H groups in total. The van der Waals surface area contributed by atoms with Crippen LogP contribution >= 0.6 is 62.5 Å². The second kappa shape index (κ2) is 7.99. The Balaban J connectivity index is 1.69. The number of halogens is 2. The van der Waals surface area contributed by atoms with Crippen molar-refractivity contribution in [1.82, 2.24) is 4.90 Å². The number of anilines is 1. The standard InChI is InChI=1S/C17H12BrIN2OS2/c18-12-3-7-14(8-4-12)20-10-21-16(22)15(24-17(21)23)9-11-1-5-13(19)6-2-11/h1-9,20H,10H2/b15-9-. The molecule has 0 bridgehead atoms. The fourth-order valence-electron chi connectivity index (χ4n) is 2.08. The van der Waals surface area contributed by atoms with Gasteiger partial charge in [-0.2, -0.15) is 0 Å². The Hall–Kier alpha value is -0.900. The van der Waals surface area contributed by atoms with Crippen molar-refractivity contribution >= 4 is 84.5 Å². The van der Waals surface area contributed by atoms with Crippen molar-refractivity contribution in [3.8, 4) is 0 Å². The van der Waals surface area contributed by atoms with E-state index < -0.39 is 0 Å². The Bertz CT molecular complexity index is 806. The summed E-state index contributed by atoms with van der Waals surface area (Å²) in [6.07, 6.45) is 1.88. The monoisotopic (exact) mass is 530 g/mol. The maximum absolute atomic E-state index is 12.6. The van der Waals surface area contributed by atoms with E-state index in [4.69, 9.17) is 12.2 Å². The van der Waals surface area contributed by atoms with Crippen LogP contribution in [0.3, 0.4) is 0 Å². The summed E-state index contributed by atoms with van der Waals surface area (Å²) >= 11 is 12.3. The highest BCUT2D eigenvalue weighted by atomic mass is 127. The van der Waals surface area contributed by atoms with Gasteiger partial charge in [0.2, 0.25) is 0 Å². The van der Waals surface area contributed by atoms with E-state index >= 15 is 0 Å². The van der Waals surface area contributed by atoms with Gasteiger partial charge < -0.3 is 5.32 Å². The van der Waals surface area contributed by atoms with Crippen LogP contribution in [0.25, 0.3) is 6.08 Å². The third-order valence-corrected chi connectivity index (χ3v) is 5.95. The molecule has 0 atom stereocenters. The predicted octanol–water partition coefficient (Wildman–Crippen LogP) is 5.32. The molecule has 0 aliphatic carbocycles. The summed E-state index contributed by atoms with van der Waals surface area (Å²) in [6.45, 7) is 0.357.